The zero-order valence-corrected chi connectivity index (χ0v) is 14.3. The summed E-state index contributed by atoms with van der Waals surface area (Å²) in [6.07, 6.45) is 5.58. The number of hydrogen-bond donors (Lipinski definition) is 0. The van der Waals surface area contributed by atoms with Crippen molar-refractivity contribution < 1.29 is 0 Å². The molecule has 0 spiro atoms. The fourth-order valence-corrected chi connectivity index (χ4v) is 3.71. The highest BCUT2D eigenvalue weighted by molar-refractivity contribution is 5.87. The van der Waals surface area contributed by atoms with Gasteiger partial charge in [0.15, 0.2) is 0 Å². The SMILES string of the molecule is CC(C)CC1=NC(Cc2ccccc2)(Cc2ccccc2)CC1. The third-order valence-electron chi connectivity index (χ3n) is 4.67. The highest BCUT2D eigenvalue weighted by Crippen LogP contribution is 2.34. The van der Waals surface area contributed by atoms with Gasteiger partial charge in [0.1, 0.15) is 0 Å². The van der Waals surface area contributed by atoms with Crippen molar-refractivity contribution in [2.75, 3.05) is 0 Å². The average molecular weight is 305 g/mol. The maximum absolute atomic E-state index is 5.27. The predicted molar refractivity (Wildman–Crippen MR) is 99.1 cm³/mol. The molecular formula is C22H27N. The lowest BCUT2D eigenvalue weighted by Gasteiger charge is -2.27. The van der Waals surface area contributed by atoms with Crippen molar-refractivity contribution in [3.8, 4) is 0 Å². The summed E-state index contributed by atoms with van der Waals surface area (Å²) < 4.78 is 0. The van der Waals surface area contributed by atoms with E-state index in [1.807, 2.05) is 0 Å². The number of rotatable bonds is 6. The number of benzene rings is 2. The lowest BCUT2D eigenvalue weighted by molar-refractivity contribution is 0.421. The van der Waals surface area contributed by atoms with Crippen molar-refractivity contribution in [3.63, 3.8) is 0 Å². The van der Waals surface area contributed by atoms with Crippen LogP contribution < -0.4 is 0 Å². The molecule has 1 nitrogen and oxygen atoms in total. The van der Waals surface area contributed by atoms with Crippen LogP contribution in [-0.4, -0.2) is 11.3 Å². The molecular weight excluding hydrogens is 278 g/mol. The monoisotopic (exact) mass is 305 g/mol. The van der Waals surface area contributed by atoms with Crippen LogP contribution >= 0.6 is 0 Å². The molecule has 0 unspecified atom stereocenters. The molecule has 2 aromatic carbocycles. The van der Waals surface area contributed by atoms with Crippen LogP contribution in [0.5, 0.6) is 0 Å². The Morgan fingerprint density at radius 3 is 1.87 bits per heavy atom. The van der Waals surface area contributed by atoms with E-state index in [9.17, 15) is 0 Å². The summed E-state index contributed by atoms with van der Waals surface area (Å²) >= 11 is 0. The van der Waals surface area contributed by atoms with Gasteiger partial charge in [-0.2, -0.15) is 0 Å². The van der Waals surface area contributed by atoms with Gasteiger partial charge in [-0.1, -0.05) is 74.5 Å². The van der Waals surface area contributed by atoms with Crippen molar-refractivity contribution in [3.05, 3.63) is 71.8 Å². The van der Waals surface area contributed by atoms with Crippen molar-refractivity contribution >= 4 is 5.71 Å². The molecule has 3 rings (SSSR count). The predicted octanol–water partition coefficient (Wildman–Crippen LogP) is 5.49. The second-order valence-electron chi connectivity index (χ2n) is 7.33. The van der Waals surface area contributed by atoms with Gasteiger partial charge in [0.05, 0.1) is 5.54 Å². The Labute approximate surface area is 140 Å². The van der Waals surface area contributed by atoms with E-state index in [2.05, 4.69) is 74.5 Å². The first-order chi connectivity index (χ1) is 11.2. The van der Waals surface area contributed by atoms with Crippen LogP contribution in [0.25, 0.3) is 0 Å². The van der Waals surface area contributed by atoms with Gasteiger partial charge in [0, 0.05) is 5.71 Å². The van der Waals surface area contributed by atoms with Gasteiger partial charge in [-0.25, -0.2) is 0 Å². The molecule has 0 radical (unpaired) electrons. The van der Waals surface area contributed by atoms with Crippen molar-refractivity contribution in [1.29, 1.82) is 0 Å². The minimum absolute atomic E-state index is 0.0485. The third-order valence-corrected chi connectivity index (χ3v) is 4.67. The summed E-state index contributed by atoms with van der Waals surface area (Å²) in [6, 6.07) is 21.7. The van der Waals surface area contributed by atoms with E-state index in [4.69, 9.17) is 4.99 Å². The van der Waals surface area contributed by atoms with Crippen LogP contribution in [0.15, 0.2) is 65.7 Å². The minimum atomic E-state index is 0.0485. The molecule has 0 aliphatic carbocycles. The molecule has 0 saturated heterocycles. The maximum Gasteiger partial charge on any atom is 0.0691 e. The van der Waals surface area contributed by atoms with Crippen molar-refractivity contribution in [2.24, 2.45) is 10.9 Å². The van der Waals surface area contributed by atoms with Gasteiger partial charge < -0.3 is 0 Å². The quantitative estimate of drug-likeness (QED) is 0.669. The Bertz CT molecular complexity index is 599. The lowest BCUT2D eigenvalue weighted by Crippen LogP contribution is -2.29. The highest BCUT2D eigenvalue weighted by Gasteiger charge is 2.35. The van der Waals surface area contributed by atoms with Crippen LogP contribution in [-0.2, 0) is 12.8 Å². The Morgan fingerprint density at radius 1 is 0.870 bits per heavy atom. The summed E-state index contributed by atoms with van der Waals surface area (Å²) in [5.74, 6) is 0.693. The fourth-order valence-electron chi connectivity index (χ4n) is 3.71. The topological polar surface area (TPSA) is 12.4 Å². The van der Waals surface area contributed by atoms with Gasteiger partial charge in [-0.15, -0.1) is 0 Å². The summed E-state index contributed by atoms with van der Waals surface area (Å²) in [5, 5.41) is 0. The van der Waals surface area contributed by atoms with Gasteiger partial charge in [0.2, 0.25) is 0 Å². The van der Waals surface area contributed by atoms with Crippen molar-refractivity contribution in [1.82, 2.24) is 0 Å². The Morgan fingerprint density at radius 2 is 1.39 bits per heavy atom. The molecule has 0 bridgehead atoms. The molecule has 0 atom stereocenters. The molecule has 0 fully saturated rings. The molecule has 1 heteroatoms. The maximum atomic E-state index is 5.27. The Hall–Kier alpha value is -1.89. The number of nitrogens with zero attached hydrogens (tertiary/aromatic N) is 1. The molecule has 120 valence electrons. The molecule has 0 aromatic heterocycles. The summed E-state index contributed by atoms with van der Waals surface area (Å²) in [4.78, 5) is 5.27. The van der Waals surface area contributed by atoms with Crippen molar-refractivity contribution in [2.45, 2.75) is 51.5 Å². The molecule has 1 aliphatic rings. The normalized spacial score (nSPS) is 16.6. The average Bonchev–Trinajstić information content (AvgIpc) is 2.91. The Balaban J connectivity index is 1.86. The van der Waals surface area contributed by atoms with E-state index in [1.54, 1.807) is 0 Å². The third kappa shape index (κ3) is 4.31. The standard InChI is InChI=1S/C22H27N/c1-18(2)15-21-13-14-22(23-21,16-19-9-5-3-6-10-19)17-20-11-7-4-8-12-20/h3-12,18H,13-17H2,1-2H3. The van der Waals surface area contributed by atoms with Crippen LogP contribution in [0.4, 0.5) is 0 Å². The second kappa shape index (κ2) is 7.12. The summed E-state index contributed by atoms with van der Waals surface area (Å²) in [6.45, 7) is 4.58. The molecule has 23 heavy (non-hydrogen) atoms. The zero-order chi connectivity index (χ0) is 16.1. The van der Waals surface area contributed by atoms with E-state index in [0.29, 0.717) is 5.92 Å². The lowest BCUT2D eigenvalue weighted by atomic mass is 9.83. The number of aliphatic imine (C=N–C) groups is 1. The molecule has 2 aromatic rings. The molecule has 0 amide bonds. The molecule has 1 aliphatic heterocycles. The largest absolute Gasteiger partial charge is 0.287 e. The first-order valence-corrected chi connectivity index (χ1v) is 8.81. The fraction of sp³-hybridized carbons (Fsp3) is 0.409. The van der Waals surface area contributed by atoms with Crippen LogP contribution in [0.3, 0.4) is 0 Å². The zero-order valence-electron chi connectivity index (χ0n) is 14.3. The molecule has 1 heterocycles. The van der Waals surface area contributed by atoms with Crippen LogP contribution in [0.1, 0.15) is 44.2 Å². The van der Waals surface area contributed by atoms with Crippen LogP contribution in [0.2, 0.25) is 0 Å². The van der Waals surface area contributed by atoms with Gasteiger partial charge >= 0.3 is 0 Å². The van der Waals surface area contributed by atoms with E-state index in [1.165, 1.54) is 23.3 Å². The molecule has 0 saturated carbocycles. The Kier molecular flexibility index (Phi) is 4.95. The smallest absolute Gasteiger partial charge is 0.0691 e. The van der Waals surface area contributed by atoms with Gasteiger partial charge in [0.25, 0.3) is 0 Å². The van der Waals surface area contributed by atoms with E-state index in [-0.39, 0.29) is 5.54 Å². The number of hydrogen-bond acceptors (Lipinski definition) is 1. The van der Waals surface area contributed by atoms with E-state index < -0.39 is 0 Å². The minimum Gasteiger partial charge on any atom is -0.287 e. The van der Waals surface area contributed by atoms with Gasteiger partial charge in [-0.05, 0) is 49.1 Å². The van der Waals surface area contributed by atoms with Gasteiger partial charge in [-0.3, -0.25) is 4.99 Å². The second-order valence-corrected chi connectivity index (χ2v) is 7.33. The summed E-state index contributed by atoms with van der Waals surface area (Å²) in [7, 11) is 0. The van der Waals surface area contributed by atoms with Crippen LogP contribution in [0, 0.1) is 5.92 Å². The first kappa shape index (κ1) is 16.0. The van der Waals surface area contributed by atoms with E-state index >= 15 is 0 Å². The first-order valence-electron chi connectivity index (χ1n) is 8.81. The molecule has 0 N–H and O–H groups in total. The summed E-state index contributed by atoms with van der Waals surface area (Å²) in [5.41, 5.74) is 4.27. The van der Waals surface area contributed by atoms with E-state index in [0.717, 1.165) is 25.7 Å². The highest BCUT2D eigenvalue weighted by atomic mass is 14.9.